The Labute approximate surface area is 124 Å². The largest absolute Gasteiger partial charge is 0.325 e. The van der Waals surface area contributed by atoms with Crippen LogP contribution in [0.2, 0.25) is 0 Å². The van der Waals surface area contributed by atoms with Gasteiger partial charge < -0.3 is 5.32 Å². The summed E-state index contributed by atoms with van der Waals surface area (Å²) in [7, 11) is 0. The van der Waals surface area contributed by atoms with Crippen LogP contribution >= 0.6 is 0 Å². The van der Waals surface area contributed by atoms with Gasteiger partial charge in [-0.2, -0.15) is 0 Å². The first-order chi connectivity index (χ1) is 10.2. The lowest BCUT2D eigenvalue weighted by Gasteiger charge is -2.21. The predicted molar refractivity (Wildman–Crippen MR) is 84.7 cm³/mol. The summed E-state index contributed by atoms with van der Waals surface area (Å²) in [6.45, 7) is 1.59. The molecule has 0 spiro atoms. The molecule has 2 aromatic rings. The highest BCUT2D eigenvalue weighted by atomic mass is 16.1. The van der Waals surface area contributed by atoms with Gasteiger partial charge in [-0.3, -0.25) is 9.78 Å². The van der Waals surface area contributed by atoms with Crippen LogP contribution in [0.3, 0.4) is 0 Å². The van der Waals surface area contributed by atoms with Crippen LogP contribution in [0, 0.1) is 0 Å². The third-order valence-corrected chi connectivity index (χ3v) is 4.64. The van der Waals surface area contributed by atoms with Crippen LogP contribution in [0.15, 0.2) is 18.2 Å². The second-order valence-electron chi connectivity index (χ2n) is 6.35. The lowest BCUT2D eigenvalue weighted by molar-refractivity contribution is -0.114. The first kappa shape index (κ1) is 12.8. The molecule has 1 aromatic carbocycles. The molecule has 2 aliphatic rings. The van der Waals surface area contributed by atoms with Crippen molar-refractivity contribution in [2.24, 2.45) is 0 Å². The van der Waals surface area contributed by atoms with Gasteiger partial charge in [0.15, 0.2) is 0 Å². The average molecular weight is 280 g/mol. The zero-order valence-electron chi connectivity index (χ0n) is 12.4. The van der Waals surface area contributed by atoms with Crippen molar-refractivity contribution in [1.29, 1.82) is 0 Å². The van der Waals surface area contributed by atoms with Crippen molar-refractivity contribution in [1.82, 2.24) is 4.98 Å². The second-order valence-corrected chi connectivity index (χ2v) is 6.35. The Morgan fingerprint density at radius 3 is 2.81 bits per heavy atom. The number of aryl methyl sites for hydroxylation is 1. The number of anilines is 1. The highest BCUT2D eigenvalue weighted by Gasteiger charge is 2.25. The van der Waals surface area contributed by atoms with E-state index in [2.05, 4.69) is 23.5 Å². The van der Waals surface area contributed by atoms with Gasteiger partial charge in [0.1, 0.15) is 0 Å². The van der Waals surface area contributed by atoms with Crippen LogP contribution in [0.1, 0.15) is 55.3 Å². The van der Waals surface area contributed by atoms with E-state index in [1.54, 1.807) is 6.92 Å². The van der Waals surface area contributed by atoms with E-state index < -0.39 is 0 Å². The van der Waals surface area contributed by atoms with Crippen molar-refractivity contribution in [2.75, 3.05) is 5.32 Å². The number of rotatable bonds is 2. The molecule has 1 fully saturated rings. The Hall–Kier alpha value is -1.90. The first-order valence-corrected chi connectivity index (χ1v) is 7.95. The normalized spacial score (nSPS) is 17.6. The number of fused-ring (bicyclic) bond motifs is 2. The van der Waals surface area contributed by atoms with E-state index in [1.165, 1.54) is 42.5 Å². The van der Waals surface area contributed by atoms with E-state index in [4.69, 9.17) is 4.98 Å². The Morgan fingerprint density at radius 1 is 1.24 bits per heavy atom. The molecule has 2 aliphatic carbocycles. The van der Waals surface area contributed by atoms with Gasteiger partial charge in [-0.05, 0) is 67.7 Å². The highest BCUT2D eigenvalue weighted by Crippen LogP contribution is 2.42. The zero-order valence-corrected chi connectivity index (χ0v) is 12.4. The number of benzene rings is 1. The van der Waals surface area contributed by atoms with Crippen LogP contribution in [-0.2, 0) is 17.6 Å². The lowest BCUT2D eigenvalue weighted by Crippen LogP contribution is -2.14. The monoisotopic (exact) mass is 280 g/mol. The van der Waals surface area contributed by atoms with Crippen LogP contribution in [-0.4, -0.2) is 10.9 Å². The van der Waals surface area contributed by atoms with Crippen molar-refractivity contribution >= 4 is 22.5 Å². The number of carbonyl (C=O) groups is 1. The van der Waals surface area contributed by atoms with Crippen LogP contribution in [0.5, 0.6) is 0 Å². The molecule has 3 heteroatoms. The van der Waals surface area contributed by atoms with Gasteiger partial charge in [0.05, 0.1) is 11.2 Å². The van der Waals surface area contributed by atoms with Crippen molar-refractivity contribution < 1.29 is 4.79 Å². The topological polar surface area (TPSA) is 42.0 Å². The fraction of sp³-hybridized carbons (Fsp3) is 0.444. The summed E-state index contributed by atoms with van der Waals surface area (Å²) in [6.07, 6.45) is 7.03. The molecule has 1 aromatic heterocycles. The smallest absolute Gasteiger partial charge is 0.221 e. The third kappa shape index (κ3) is 2.31. The lowest BCUT2D eigenvalue weighted by atomic mass is 9.92. The maximum Gasteiger partial charge on any atom is 0.221 e. The second kappa shape index (κ2) is 4.83. The quantitative estimate of drug-likeness (QED) is 0.905. The van der Waals surface area contributed by atoms with Crippen LogP contribution < -0.4 is 5.32 Å². The van der Waals surface area contributed by atoms with Crippen LogP contribution in [0.4, 0.5) is 5.69 Å². The maximum absolute atomic E-state index is 11.6. The van der Waals surface area contributed by atoms with Gasteiger partial charge in [0.2, 0.25) is 5.91 Å². The number of carbonyl (C=O) groups excluding carboxylic acids is 1. The molecule has 0 radical (unpaired) electrons. The summed E-state index contributed by atoms with van der Waals surface area (Å²) in [4.78, 5) is 16.5. The molecule has 21 heavy (non-hydrogen) atoms. The molecule has 0 saturated heterocycles. The van der Waals surface area contributed by atoms with Gasteiger partial charge in [-0.25, -0.2) is 0 Å². The summed E-state index contributed by atoms with van der Waals surface area (Å²) in [5.41, 5.74) is 5.87. The minimum Gasteiger partial charge on any atom is -0.325 e. The van der Waals surface area contributed by atoms with Crippen molar-refractivity contribution in [3.8, 4) is 0 Å². The number of nitrogens with zero attached hydrogens (tertiary/aromatic N) is 1. The molecular weight excluding hydrogens is 260 g/mol. The van der Waals surface area contributed by atoms with Gasteiger partial charge in [0.25, 0.3) is 0 Å². The molecule has 0 unspecified atom stereocenters. The van der Waals surface area contributed by atoms with E-state index in [0.717, 1.165) is 35.3 Å². The summed E-state index contributed by atoms with van der Waals surface area (Å²) in [5.74, 6) is 0.725. The summed E-state index contributed by atoms with van der Waals surface area (Å²) >= 11 is 0. The predicted octanol–water partition coefficient (Wildman–Crippen LogP) is 3.95. The maximum atomic E-state index is 11.6. The summed E-state index contributed by atoms with van der Waals surface area (Å²) in [5, 5.41) is 4.20. The van der Waals surface area contributed by atoms with Crippen molar-refractivity contribution in [2.45, 2.75) is 51.4 Å². The average Bonchev–Trinajstić information content (AvgIpc) is 3.31. The highest BCUT2D eigenvalue weighted by molar-refractivity contribution is 6.02. The SMILES string of the molecule is CC(=O)Nc1c2c(nc3ccc(C4CC4)cc13)CCCC2. The molecule has 108 valence electrons. The standard InChI is InChI=1S/C18H20N2O/c1-11(21)19-18-14-4-2-3-5-16(14)20-17-9-8-13(10-15(17)18)12-6-7-12/h8-10,12H,2-7H2,1H3,(H,19,20,21). The fourth-order valence-electron chi connectivity index (χ4n) is 3.43. The summed E-state index contributed by atoms with van der Waals surface area (Å²) in [6, 6.07) is 6.59. The minimum absolute atomic E-state index is 0.00657. The zero-order chi connectivity index (χ0) is 14.4. The van der Waals surface area contributed by atoms with Crippen molar-refractivity contribution in [3.05, 3.63) is 35.0 Å². The minimum atomic E-state index is 0.00657. The van der Waals surface area contributed by atoms with Crippen molar-refractivity contribution in [3.63, 3.8) is 0 Å². The Bertz CT molecular complexity index is 732. The number of hydrogen-bond acceptors (Lipinski definition) is 2. The van der Waals surface area contributed by atoms with Gasteiger partial charge in [-0.1, -0.05) is 6.07 Å². The van der Waals surface area contributed by atoms with Gasteiger partial charge >= 0.3 is 0 Å². The Kier molecular flexibility index (Phi) is 2.95. The summed E-state index contributed by atoms with van der Waals surface area (Å²) < 4.78 is 0. The first-order valence-electron chi connectivity index (χ1n) is 7.95. The molecule has 1 amide bonds. The molecule has 0 atom stereocenters. The van der Waals surface area contributed by atoms with Crippen LogP contribution in [0.25, 0.3) is 10.9 Å². The number of pyridine rings is 1. The number of amides is 1. The van der Waals surface area contributed by atoms with E-state index in [-0.39, 0.29) is 5.91 Å². The molecule has 1 N–H and O–H groups in total. The molecule has 1 saturated carbocycles. The Balaban J connectivity index is 1.95. The fourth-order valence-corrected chi connectivity index (χ4v) is 3.43. The molecular formula is C18H20N2O. The van der Waals surface area contributed by atoms with Gasteiger partial charge in [-0.15, -0.1) is 0 Å². The Morgan fingerprint density at radius 2 is 2.05 bits per heavy atom. The molecule has 3 nitrogen and oxygen atoms in total. The number of hydrogen-bond donors (Lipinski definition) is 1. The number of aromatic nitrogens is 1. The molecule has 4 rings (SSSR count). The third-order valence-electron chi connectivity index (χ3n) is 4.64. The number of nitrogens with one attached hydrogen (secondary N) is 1. The van der Waals surface area contributed by atoms with E-state index in [1.807, 2.05) is 0 Å². The van der Waals surface area contributed by atoms with Gasteiger partial charge in [0, 0.05) is 18.0 Å². The van der Waals surface area contributed by atoms with E-state index in [0.29, 0.717) is 0 Å². The molecule has 0 bridgehead atoms. The van der Waals surface area contributed by atoms with E-state index in [9.17, 15) is 4.79 Å². The molecule has 1 heterocycles. The molecule has 0 aliphatic heterocycles. The van der Waals surface area contributed by atoms with E-state index >= 15 is 0 Å².